The Morgan fingerprint density at radius 2 is 1.04 bits per heavy atom. The highest BCUT2D eigenvalue weighted by atomic mass is 15.1. The van der Waals surface area contributed by atoms with Crippen molar-refractivity contribution in [1.29, 1.82) is 0 Å². The Morgan fingerprint density at radius 3 is 1.75 bits per heavy atom. The Balaban J connectivity index is 0.939. The molecule has 324 valence electrons. The summed E-state index contributed by atoms with van der Waals surface area (Å²) in [5, 5.41) is 1.32. The fourth-order valence-electron chi connectivity index (χ4n) is 10.5. The molecule has 1 heterocycles. The lowest BCUT2D eigenvalue weighted by Gasteiger charge is -2.26. The van der Waals surface area contributed by atoms with E-state index in [0.717, 1.165) is 36.3 Å². The van der Waals surface area contributed by atoms with Gasteiger partial charge < -0.3 is 9.47 Å². The van der Waals surface area contributed by atoms with Gasteiger partial charge in [-0.25, -0.2) is 0 Å². The van der Waals surface area contributed by atoms with Gasteiger partial charge in [0.2, 0.25) is 0 Å². The van der Waals surface area contributed by atoms with Crippen molar-refractivity contribution in [3.8, 4) is 39.1 Å². The number of aromatic nitrogens is 1. The van der Waals surface area contributed by atoms with Crippen LogP contribution in [0, 0.1) is 5.92 Å². The molecule has 0 spiro atoms. The predicted molar refractivity (Wildman–Crippen MR) is 288 cm³/mol. The number of anilines is 3. The molecule has 3 aliphatic rings. The number of hydrogen-bond acceptors (Lipinski definition) is 1. The van der Waals surface area contributed by atoms with Crippen molar-refractivity contribution in [1.82, 2.24) is 4.57 Å². The third-order valence-electron chi connectivity index (χ3n) is 13.8. The van der Waals surface area contributed by atoms with Crippen LogP contribution in [0.3, 0.4) is 0 Å². The maximum absolute atomic E-state index is 2.50. The highest BCUT2D eigenvalue weighted by Crippen LogP contribution is 2.45. The van der Waals surface area contributed by atoms with Crippen LogP contribution in [0.4, 0.5) is 17.1 Å². The Kier molecular flexibility index (Phi) is 10.9. The van der Waals surface area contributed by atoms with Crippen LogP contribution in [-0.2, 0) is 6.42 Å². The summed E-state index contributed by atoms with van der Waals surface area (Å²) in [6, 6.07) is 75.6. The third kappa shape index (κ3) is 7.80. The highest BCUT2D eigenvalue weighted by molar-refractivity contribution is 6.04. The molecule has 2 heteroatoms. The highest BCUT2D eigenvalue weighted by Gasteiger charge is 2.27. The lowest BCUT2D eigenvalue weighted by molar-refractivity contribution is 0.847. The SMILES string of the molecule is C1=C(c2ccccc2)c2c(c3c(-c4cccc(N(c5ccc(-c6ccccc6)cc5)c5ccc(-c6ccc(/C7=C/C=C\C8=C\CC7/C=C/C=C/8)cc6)cc5)c4)cccc3n2-c2ccccc2)CC1. The number of rotatable bonds is 9. The van der Waals surface area contributed by atoms with E-state index in [-0.39, 0.29) is 0 Å². The van der Waals surface area contributed by atoms with E-state index in [2.05, 4.69) is 270 Å². The molecule has 12 rings (SSSR count). The van der Waals surface area contributed by atoms with E-state index in [1.54, 1.807) is 0 Å². The molecular weight excluding hydrogens is 821 g/mol. The minimum Gasteiger partial charge on any atom is -0.310 e. The lowest BCUT2D eigenvalue weighted by Crippen LogP contribution is -2.10. The number of allylic oxidation sites excluding steroid dienone is 11. The van der Waals surface area contributed by atoms with E-state index in [1.807, 2.05) is 0 Å². The van der Waals surface area contributed by atoms with Crippen molar-refractivity contribution < 1.29 is 0 Å². The molecule has 0 aliphatic heterocycles. The van der Waals surface area contributed by atoms with Crippen molar-refractivity contribution in [2.24, 2.45) is 5.92 Å². The maximum atomic E-state index is 2.50. The van der Waals surface area contributed by atoms with E-state index in [9.17, 15) is 0 Å². The Hall–Kier alpha value is -8.46. The summed E-state index contributed by atoms with van der Waals surface area (Å²) in [6.45, 7) is 0. The predicted octanol–water partition coefficient (Wildman–Crippen LogP) is 17.5. The molecule has 8 aromatic carbocycles. The average molecular weight is 871 g/mol. The second kappa shape index (κ2) is 18.1. The quantitative estimate of drug-likeness (QED) is 0.140. The van der Waals surface area contributed by atoms with E-state index >= 15 is 0 Å². The van der Waals surface area contributed by atoms with Crippen LogP contribution in [0.2, 0.25) is 0 Å². The van der Waals surface area contributed by atoms with E-state index in [0.29, 0.717) is 5.92 Å². The first kappa shape index (κ1) is 41.0. The zero-order valence-corrected chi connectivity index (χ0v) is 37.9. The molecular formula is C66H50N2. The molecule has 68 heavy (non-hydrogen) atoms. The van der Waals surface area contributed by atoms with Crippen molar-refractivity contribution in [2.75, 3.05) is 4.90 Å². The Bertz CT molecular complexity index is 3470. The molecule has 0 fully saturated rings. The summed E-state index contributed by atoms with van der Waals surface area (Å²) >= 11 is 0. The van der Waals surface area contributed by atoms with Gasteiger partial charge in [0.05, 0.1) is 11.2 Å². The van der Waals surface area contributed by atoms with Gasteiger partial charge in [-0.05, 0) is 135 Å². The minimum atomic E-state index is 0.342. The summed E-state index contributed by atoms with van der Waals surface area (Å²) < 4.78 is 2.50. The van der Waals surface area contributed by atoms with Crippen LogP contribution < -0.4 is 4.90 Å². The topological polar surface area (TPSA) is 8.17 Å². The monoisotopic (exact) mass is 870 g/mol. The zero-order valence-electron chi connectivity index (χ0n) is 37.9. The molecule has 1 atom stereocenters. The molecule has 0 N–H and O–H groups in total. The summed E-state index contributed by atoms with van der Waals surface area (Å²) in [7, 11) is 0. The first-order valence-electron chi connectivity index (χ1n) is 23.9. The second-order valence-corrected chi connectivity index (χ2v) is 17.9. The fourth-order valence-corrected chi connectivity index (χ4v) is 10.5. The molecule has 2 bridgehead atoms. The number of fused-ring (bicyclic) bond motifs is 5. The molecule has 0 amide bonds. The molecule has 9 aromatic rings. The van der Waals surface area contributed by atoms with Gasteiger partial charge in [-0.3, -0.25) is 0 Å². The first-order valence-corrected chi connectivity index (χ1v) is 23.9. The zero-order chi connectivity index (χ0) is 45.2. The van der Waals surface area contributed by atoms with Crippen molar-refractivity contribution in [2.45, 2.75) is 19.3 Å². The van der Waals surface area contributed by atoms with Crippen LogP contribution >= 0.6 is 0 Å². The van der Waals surface area contributed by atoms with Crippen molar-refractivity contribution in [3.63, 3.8) is 0 Å². The maximum Gasteiger partial charge on any atom is 0.0576 e. The molecule has 0 radical (unpaired) electrons. The van der Waals surface area contributed by atoms with Crippen LogP contribution in [0.25, 0.3) is 61.1 Å². The van der Waals surface area contributed by atoms with Crippen molar-refractivity contribution >= 4 is 39.1 Å². The largest absolute Gasteiger partial charge is 0.310 e. The Morgan fingerprint density at radius 1 is 0.456 bits per heavy atom. The molecule has 1 aromatic heterocycles. The summed E-state index contributed by atoms with van der Waals surface area (Å²) in [5.41, 5.74) is 22.1. The lowest BCUT2D eigenvalue weighted by atomic mass is 9.86. The third-order valence-corrected chi connectivity index (χ3v) is 13.8. The summed E-state index contributed by atoms with van der Waals surface area (Å²) in [5.74, 6) is 0.342. The number of benzene rings is 8. The summed E-state index contributed by atoms with van der Waals surface area (Å²) in [4.78, 5) is 2.40. The van der Waals surface area contributed by atoms with Crippen LogP contribution in [0.5, 0.6) is 0 Å². The molecule has 2 nitrogen and oxygen atoms in total. The van der Waals surface area contributed by atoms with E-state index < -0.39 is 0 Å². The normalized spacial score (nSPS) is 18.1. The van der Waals surface area contributed by atoms with Gasteiger partial charge >= 0.3 is 0 Å². The van der Waals surface area contributed by atoms with Crippen LogP contribution in [0.1, 0.15) is 35.2 Å². The number of hydrogen-bond donors (Lipinski definition) is 0. The molecule has 0 saturated carbocycles. The van der Waals surface area contributed by atoms with E-state index in [1.165, 1.54) is 89.1 Å². The number of aryl methyl sites for hydroxylation is 1. The average Bonchev–Trinajstić information content (AvgIpc) is 3.75. The number of para-hydroxylation sites is 1. The van der Waals surface area contributed by atoms with Gasteiger partial charge in [-0.2, -0.15) is 0 Å². The van der Waals surface area contributed by atoms with Gasteiger partial charge in [-0.1, -0.05) is 206 Å². The standard InChI is InChI=1S/C66H50N2/c1-4-18-48(19-5-1)50-38-42-57(43-39-50)67(58-44-40-51(41-45-58)49-34-36-54(37-35-49)60-27-12-17-47-16-10-11-22-53(60)33-32-47)59-26-13-23-55(46-59)61-28-15-31-64-65(61)63-30-14-29-62(52-20-6-2-7-21-52)66(63)68(64)56-24-8-3-9-25-56/h1-13,15-29,31-32,34-46,53H,14,30,33H2/b16-10+,17-12-,22-11+,47-32+,60-27+. The molecule has 3 aliphatic carbocycles. The minimum absolute atomic E-state index is 0.342. The molecule has 0 saturated heterocycles. The van der Waals surface area contributed by atoms with Gasteiger partial charge in [-0.15, -0.1) is 0 Å². The number of nitrogens with zero attached hydrogens (tertiary/aromatic N) is 2. The molecule has 1 unspecified atom stereocenters. The van der Waals surface area contributed by atoms with Gasteiger partial charge in [0.25, 0.3) is 0 Å². The van der Waals surface area contributed by atoms with Gasteiger partial charge in [0, 0.05) is 39.6 Å². The van der Waals surface area contributed by atoms with Gasteiger partial charge in [0.15, 0.2) is 0 Å². The second-order valence-electron chi connectivity index (χ2n) is 17.9. The van der Waals surface area contributed by atoms with Crippen molar-refractivity contribution in [3.05, 3.63) is 289 Å². The smallest absolute Gasteiger partial charge is 0.0576 e. The van der Waals surface area contributed by atoms with Gasteiger partial charge in [0.1, 0.15) is 0 Å². The van der Waals surface area contributed by atoms with E-state index in [4.69, 9.17) is 0 Å². The van der Waals surface area contributed by atoms with Crippen LogP contribution in [-0.4, -0.2) is 4.57 Å². The Labute approximate surface area is 399 Å². The summed E-state index contributed by atoms with van der Waals surface area (Å²) in [6.07, 6.45) is 23.3. The first-order chi connectivity index (χ1) is 33.7. The fraction of sp³-hybridized carbons (Fsp3) is 0.0606. The van der Waals surface area contributed by atoms with Crippen LogP contribution in [0.15, 0.2) is 267 Å².